The van der Waals surface area contributed by atoms with E-state index in [0.717, 1.165) is 40.6 Å². The van der Waals surface area contributed by atoms with E-state index in [1.54, 1.807) is 26.4 Å². The number of pyridine rings is 1. The van der Waals surface area contributed by atoms with Crippen LogP contribution in [0.2, 0.25) is 0 Å². The molecule has 0 bridgehead atoms. The molecule has 2 N–H and O–H groups in total. The monoisotopic (exact) mass is 397 g/mol. The molecule has 1 aliphatic rings. The third-order valence-electron chi connectivity index (χ3n) is 4.89. The molecular weight excluding hydrogens is 374 g/mol. The van der Waals surface area contributed by atoms with Gasteiger partial charge >= 0.3 is 0 Å². The lowest BCUT2D eigenvalue weighted by atomic mass is 9.95. The van der Waals surface area contributed by atoms with E-state index in [9.17, 15) is 20.1 Å². The van der Waals surface area contributed by atoms with Crippen LogP contribution in [0.5, 0.6) is 23.0 Å². The van der Waals surface area contributed by atoms with E-state index in [-0.39, 0.29) is 17.9 Å². The van der Waals surface area contributed by atoms with Crippen molar-refractivity contribution in [2.45, 2.75) is 26.3 Å². The van der Waals surface area contributed by atoms with Crippen molar-refractivity contribution >= 4 is 16.7 Å². The van der Waals surface area contributed by atoms with Gasteiger partial charge < -0.3 is 29.6 Å². The lowest BCUT2D eigenvalue weighted by Crippen LogP contribution is -2.40. The number of phenolic OH excluding ortho intramolecular Hbond substituents is 2. The number of aromatic hydroxyl groups is 2. The van der Waals surface area contributed by atoms with E-state index in [2.05, 4.69) is 16.8 Å². The fourth-order valence-corrected chi connectivity index (χ4v) is 3.40. The Balaban J connectivity index is 0.000000431. The van der Waals surface area contributed by atoms with Gasteiger partial charge in [0.25, 0.3) is 0 Å². The minimum absolute atomic E-state index is 0.0746. The minimum atomic E-state index is -0.995. The summed E-state index contributed by atoms with van der Waals surface area (Å²) in [5, 5.41) is 30.9. The van der Waals surface area contributed by atoms with Gasteiger partial charge in [-0.15, -0.1) is 0 Å². The normalized spacial score (nSPS) is 11.7. The first kappa shape index (κ1) is 20.3. The van der Waals surface area contributed by atoms with E-state index < -0.39 is 5.97 Å². The fourth-order valence-electron chi connectivity index (χ4n) is 3.40. The first-order chi connectivity index (χ1) is 13.9. The molecule has 0 spiro atoms. The zero-order chi connectivity index (χ0) is 21.1. The van der Waals surface area contributed by atoms with Gasteiger partial charge in [-0.25, -0.2) is 0 Å². The Morgan fingerprint density at radius 1 is 1.14 bits per heavy atom. The third-order valence-corrected chi connectivity index (χ3v) is 4.89. The SMILES string of the molecule is CCC(=O)[O-].COc1ccc2cc3[n+](cc2c1OC)CCc1cc(O)c(O)cc1-3. The number of aryl methyl sites for hydroxylation is 2. The van der Waals surface area contributed by atoms with Crippen molar-refractivity contribution in [3.8, 4) is 34.3 Å². The number of carboxylic acids is 1. The molecule has 3 aromatic rings. The van der Waals surface area contributed by atoms with Crippen LogP contribution in [0.15, 0.2) is 36.5 Å². The molecule has 0 fully saturated rings. The molecule has 2 heterocycles. The number of aliphatic carboxylic acids is 1. The number of ether oxygens (including phenoxy) is 2. The Morgan fingerprint density at radius 2 is 1.83 bits per heavy atom. The third kappa shape index (κ3) is 3.89. The summed E-state index contributed by atoms with van der Waals surface area (Å²) in [5.74, 6) is 0.239. The van der Waals surface area contributed by atoms with Crippen LogP contribution in [0.25, 0.3) is 22.0 Å². The topological polar surface area (TPSA) is 103 Å². The number of hydrogen-bond donors (Lipinski definition) is 2. The van der Waals surface area contributed by atoms with Crippen LogP contribution < -0.4 is 19.1 Å². The highest BCUT2D eigenvalue weighted by Gasteiger charge is 2.26. The molecule has 0 atom stereocenters. The lowest BCUT2D eigenvalue weighted by Gasteiger charge is -2.17. The number of rotatable bonds is 3. The summed E-state index contributed by atoms with van der Waals surface area (Å²) in [4.78, 5) is 9.26. The maximum Gasteiger partial charge on any atom is 0.213 e. The van der Waals surface area contributed by atoms with Crippen LogP contribution in [-0.2, 0) is 17.8 Å². The molecule has 0 radical (unpaired) electrons. The Morgan fingerprint density at radius 3 is 2.45 bits per heavy atom. The van der Waals surface area contributed by atoms with Crippen molar-refractivity contribution in [2.75, 3.05) is 14.2 Å². The number of carboxylic acid groups (broad SMARTS) is 1. The van der Waals surface area contributed by atoms with Gasteiger partial charge in [0.05, 0.1) is 25.2 Å². The maximum atomic E-state index is 9.87. The Kier molecular flexibility index (Phi) is 5.77. The second-order valence-electron chi connectivity index (χ2n) is 6.63. The van der Waals surface area contributed by atoms with Crippen molar-refractivity contribution in [3.05, 3.63) is 42.1 Å². The van der Waals surface area contributed by atoms with Crippen LogP contribution in [-0.4, -0.2) is 30.4 Å². The second kappa shape index (κ2) is 8.26. The van der Waals surface area contributed by atoms with E-state index in [1.165, 1.54) is 6.92 Å². The van der Waals surface area contributed by atoms with Gasteiger partial charge in [0.2, 0.25) is 5.69 Å². The molecule has 0 amide bonds. The van der Waals surface area contributed by atoms with Crippen LogP contribution in [0.1, 0.15) is 18.9 Å². The number of aromatic nitrogens is 1. The molecule has 152 valence electrons. The molecule has 7 nitrogen and oxygen atoms in total. The summed E-state index contributed by atoms with van der Waals surface area (Å²) in [6.45, 7) is 2.33. The number of phenols is 2. The first-order valence-electron chi connectivity index (χ1n) is 9.22. The van der Waals surface area contributed by atoms with Crippen LogP contribution in [0.3, 0.4) is 0 Å². The molecule has 0 saturated heterocycles. The number of carbonyl (C=O) groups is 1. The van der Waals surface area contributed by atoms with E-state index >= 15 is 0 Å². The highest BCUT2D eigenvalue weighted by Crippen LogP contribution is 2.39. The molecular formula is C22H23NO6. The van der Waals surface area contributed by atoms with E-state index in [0.29, 0.717) is 11.5 Å². The van der Waals surface area contributed by atoms with E-state index in [1.807, 2.05) is 12.1 Å². The fraction of sp³-hybridized carbons (Fsp3) is 0.273. The summed E-state index contributed by atoms with van der Waals surface area (Å²) in [7, 11) is 3.26. The lowest BCUT2D eigenvalue weighted by molar-refractivity contribution is -0.686. The summed E-state index contributed by atoms with van der Waals surface area (Å²) >= 11 is 0. The molecule has 0 saturated carbocycles. The summed E-state index contributed by atoms with van der Waals surface area (Å²) in [6.07, 6.45) is 2.96. The molecule has 1 aliphatic heterocycles. The predicted molar refractivity (Wildman–Crippen MR) is 105 cm³/mol. The van der Waals surface area contributed by atoms with Crippen molar-refractivity contribution in [2.24, 2.45) is 0 Å². The average Bonchev–Trinajstić information content (AvgIpc) is 2.72. The summed E-state index contributed by atoms with van der Waals surface area (Å²) in [5.41, 5.74) is 2.98. The number of carbonyl (C=O) groups excluding carboxylic acids is 1. The quantitative estimate of drug-likeness (QED) is 0.517. The van der Waals surface area contributed by atoms with Gasteiger partial charge in [-0.3, -0.25) is 0 Å². The highest BCUT2D eigenvalue weighted by atomic mass is 16.5. The van der Waals surface area contributed by atoms with Crippen molar-refractivity contribution in [3.63, 3.8) is 0 Å². The Labute approximate surface area is 168 Å². The Hall–Kier alpha value is -3.48. The van der Waals surface area contributed by atoms with Gasteiger partial charge in [-0.1, -0.05) is 6.92 Å². The Bertz CT molecular complexity index is 1080. The largest absolute Gasteiger partial charge is 0.550 e. The van der Waals surface area contributed by atoms with E-state index in [4.69, 9.17) is 9.47 Å². The minimum Gasteiger partial charge on any atom is -0.550 e. The van der Waals surface area contributed by atoms with Crippen molar-refractivity contribution in [1.29, 1.82) is 0 Å². The average molecular weight is 397 g/mol. The number of fused-ring (bicyclic) bond motifs is 4. The highest BCUT2D eigenvalue weighted by molar-refractivity contribution is 5.91. The predicted octanol–water partition coefficient (Wildman–Crippen LogP) is 1.93. The van der Waals surface area contributed by atoms with Crippen molar-refractivity contribution < 1.29 is 34.2 Å². The molecule has 1 aromatic heterocycles. The van der Waals surface area contributed by atoms with Crippen LogP contribution in [0, 0.1) is 0 Å². The summed E-state index contributed by atoms with van der Waals surface area (Å²) < 4.78 is 13.1. The molecule has 2 aromatic carbocycles. The van der Waals surface area contributed by atoms with Gasteiger partial charge in [0.1, 0.15) is 0 Å². The second-order valence-corrected chi connectivity index (χ2v) is 6.63. The van der Waals surface area contributed by atoms with Crippen LogP contribution >= 0.6 is 0 Å². The molecule has 0 unspecified atom stereocenters. The molecule has 4 rings (SSSR count). The number of methoxy groups -OCH3 is 2. The maximum absolute atomic E-state index is 9.87. The zero-order valence-electron chi connectivity index (χ0n) is 16.6. The zero-order valence-corrected chi connectivity index (χ0v) is 16.6. The van der Waals surface area contributed by atoms with Gasteiger partial charge in [-0.05, 0) is 41.6 Å². The number of nitrogens with zero attached hydrogens (tertiary/aromatic N) is 1. The number of hydrogen-bond acceptors (Lipinski definition) is 6. The molecule has 0 aliphatic carbocycles. The van der Waals surface area contributed by atoms with Gasteiger partial charge in [-0.2, -0.15) is 4.57 Å². The number of benzene rings is 2. The van der Waals surface area contributed by atoms with Crippen molar-refractivity contribution in [1.82, 2.24) is 0 Å². The smallest absolute Gasteiger partial charge is 0.213 e. The molecule has 29 heavy (non-hydrogen) atoms. The first-order valence-corrected chi connectivity index (χ1v) is 9.22. The van der Waals surface area contributed by atoms with Gasteiger partial charge in [0.15, 0.2) is 35.7 Å². The van der Waals surface area contributed by atoms with Crippen LogP contribution in [0.4, 0.5) is 0 Å². The molecule has 7 heteroatoms. The van der Waals surface area contributed by atoms with Gasteiger partial charge in [0, 0.05) is 18.5 Å². The standard InChI is InChI=1S/C19H17NO4.C3H6O2/c1-23-18-4-3-11-7-15-13-9-17(22)16(21)8-12(13)5-6-20(15)10-14(11)19(18)24-2;1-2-3(4)5/h3-4,7-10,22H,5-6H2,1-2H3;2H2,1H3,(H,4,5). The summed E-state index contributed by atoms with van der Waals surface area (Å²) in [6, 6.07) is 9.23.